The van der Waals surface area contributed by atoms with Crippen molar-refractivity contribution in [3.05, 3.63) is 35.7 Å². The number of imide groups is 1. The van der Waals surface area contributed by atoms with E-state index in [9.17, 15) is 9.59 Å². The summed E-state index contributed by atoms with van der Waals surface area (Å²) in [6, 6.07) is 7.52. The molecular formula is C22H33N5O3S. The van der Waals surface area contributed by atoms with Crippen molar-refractivity contribution < 1.29 is 14.3 Å². The molecule has 8 nitrogen and oxygen atoms in total. The molecule has 3 amide bonds. The summed E-state index contributed by atoms with van der Waals surface area (Å²) in [5.41, 5.74) is 1.25. The molecule has 2 rings (SSSR count). The first-order chi connectivity index (χ1) is 14.8. The molecule has 0 atom stereocenters. The molecule has 31 heavy (non-hydrogen) atoms. The molecule has 0 aliphatic carbocycles. The molecule has 0 unspecified atom stereocenters. The highest BCUT2D eigenvalue weighted by atomic mass is 32.2. The van der Waals surface area contributed by atoms with Crippen LogP contribution in [0.1, 0.15) is 46.0 Å². The van der Waals surface area contributed by atoms with E-state index in [1.165, 1.54) is 17.3 Å². The molecule has 9 heteroatoms. The van der Waals surface area contributed by atoms with Gasteiger partial charge in [-0.05, 0) is 36.0 Å². The molecule has 1 aromatic carbocycles. The van der Waals surface area contributed by atoms with E-state index in [-0.39, 0.29) is 18.3 Å². The number of amides is 3. The Labute approximate surface area is 188 Å². The molecule has 170 valence electrons. The fourth-order valence-corrected chi connectivity index (χ4v) is 3.45. The highest BCUT2D eigenvalue weighted by Crippen LogP contribution is 2.20. The Morgan fingerprint density at radius 2 is 1.81 bits per heavy atom. The average molecular weight is 448 g/mol. The fraction of sp³-hybridized carbons (Fsp3) is 0.545. The summed E-state index contributed by atoms with van der Waals surface area (Å²) in [5, 5.41) is 14.1. The van der Waals surface area contributed by atoms with Crippen molar-refractivity contribution >= 4 is 23.7 Å². The summed E-state index contributed by atoms with van der Waals surface area (Å²) in [7, 11) is 0. The normalized spacial score (nSPS) is 11.1. The second kappa shape index (κ2) is 12.3. The molecular weight excluding hydrogens is 414 g/mol. The van der Waals surface area contributed by atoms with Crippen LogP contribution in [-0.4, -0.2) is 39.0 Å². The number of aromatic nitrogens is 3. The molecule has 0 aliphatic rings. The lowest BCUT2D eigenvalue weighted by molar-refractivity contribution is -0.117. The van der Waals surface area contributed by atoms with Crippen molar-refractivity contribution in [3.63, 3.8) is 0 Å². The number of thioether (sulfide) groups is 1. The number of rotatable bonds is 11. The highest BCUT2D eigenvalue weighted by molar-refractivity contribution is 7.99. The van der Waals surface area contributed by atoms with Gasteiger partial charge in [-0.2, -0.15) is 0 Å². The van der Waals surface area contributed by atoms with E-state index in [1.54, 1.807) is 0 Å². The van der Waals surface area contributed by atoms with Gasteiger partial charge in [0.25, 0.3) is 0 Å². The van der Waals surface area contributed by atoms with Crippen LogP contribution in [0.4, 0.5) is 4.79 Å². The predicted molar refractivity (Wildman–Crippen MR) is 122 cm³/mol. The Bertz CT molecular complexity index is 849. The third-order valence-corrected chi connectivity index (χ3v) is 5.26. The number of benzene rings is 1. The van der Waals surface area contributed by atoms with Crippen molar-refractivity contribution in [2.75, 3.05) is 12.3 Å². The summed E-state index contributed by atoms with van der Waals surface area (Å²) in [6.45, 7) is 11.8. The van der Waals surface area contributed by atoms with E-state index in [0.717, 1.165) is 12.2 Å². The molecule has 0 spiro atoms. The Morgan fingerprint density at radius 1 is 1.10 bits per heavy atom. The van der Waals surface area contributed by atoms with Gasteiger partial charge >= 0.3 is 6.03 Å². The van der Waals surface area contributed by atoms with Gasteiger partial charge in [0.15, 0.2) is 11.0 Å². The number of hydrogen-bond donors (Lipinski definition) is 2. The molecule has 0 saturated heterocycles. The number of nitrogens with one attached hydrogen (secondary N) is 2. The number of urea groups is 1. The van der Waals surface area contributed by atoms with Gasteiger partial charge in [0.05, 0.1) is 5.75 Å². The number of hydrogen-bond acceptors (Lipinski definition) is 6. The van der Waals surface area contributed by atoms with Gasteiger partial charge < -0.3 is 14.6 Å². The Kier molecular flexibility index (Phi) is 9.84. The molecule has 0 saturated carbocycles. The minimum absolute atomic E-state index is 0.0741. The topological polar surface area (TPSA) is 98.1 Å². The lowest BCUT2D eigenvalue weighted by Gasteiger charge is -2.13. The van der Waals surface area contributed by atoms with Gasteiger partial charge in [-0.1, -0.05) is 58.5 Å². The van der Waals surface area contributed by atoms with E-state index in [4.69, 9.17) is 4.74 Å². The molecule has 0 aliphatic heterocycles. The monoisotopic (exact) mass is 447 g/mol. The third kappa shape index (κ3) is 8.61. The lowest BCUT2D eigenvalue weighted by atomic mass is 10.2. The van der Waals surface area contributed by atoms with Crippen LogP contribution in [-0.2, 0) is 24.4 Å². The highest BCUT2D eigenvalue weighted by Gasteiger charge is 2.17. The standard InChI is InChI=1S/C22H33N5O3S/c1-6-17-7-9-18(10-8-17)30-13-19-25-26-22(27(19)12-16(4)5)31-14-20(28)24-21(29)23-11-15(2)3/h7-10,15-16H,6,11-14H2,1-5H3,(H2,23,24,28,29). The second-order valence-corrected chi connectivity index (χ2v) is 9.07. The van der Waals surface area contributed by atoms with Crippen LogP contribution >= 0.6 is 11.8 Å². The minimum atomic E-state index is -0.480. The van der Waals surface area contributed by atoms with Crippen molar-refractivity contribution in [2.45, 2.75) is 59.3 Å². The number of carbonyl (C=O) groups excluding carboxylic acids is 2. The summed E-state index contributed by atoms with van der Waals surface area (Å²) in [5.74, 6) is 1.86. The second-order valence-electron chi connectivity index (χ2n) is 8.13. The van der Waals surface area contributed by atoms with Gasteiger partial charge in [-0.15, -0.1) is 10.2 Å². The van der Waals surface area contributed by atoms with Crippen LogP contribution in [0.25, 0.3) is 0 Å². The first-order valence-electron chi connectivity index (χ1n) is 10.6. The van der Waals surface area contributed by atoms with E-state index in [0.29, 0.717) is 35.9 Å². The summed E-state index contributed by atoms with van der Waals surface area (Å²) in [4.78, 5) is 23.8. The van der Waals surface area contributed by atoms with Gasteiger partial charge in [-0.25, -0.2) is 4.79 Å². The zero-order chi connectivity index (χ0) is 22.8. The van der Waals surface area contributed by atoms with Crippen LogP contribution in [0, 0.1) is 11.8 Å². The third-order valence-electron chi connectivity index (χ3n) is 4.30. The zero-order valence-corrected chi connectivity index (χ0v) is 19.8. The fourth-order valence-electron chi connectivity index (χ4n) is 2.68. The number of ether oxygens (including phenoxy) is 1. The van der Waals surface area contributed by atoms with Gasteiger partial charge in [0.2, 0.25) is 5.91 Å². The van der Waals surface area contributed by atoms with Crippen molar-refractivity contribution in [3.8, 4) is 5.75 Å². The quantitative estimate of drug-likeness (QED) is 0.510. The van der Waals surface area contributed by atoms with Crippen molar-refractivity contribution in [1.82, 2.24) is 25.4 Å². The molecule has 0 radical (unpaired) electrons. The molecule has 2 N–H and O–H groups in total. The average Bonchev–Trinajstić information content (AvgIpc) is 3.10. The Balaban J connectivity index is 1.95. The van der Waals surface area contributed by atoms with E-state index < -0.39 is 6.03 Å². The van der Waals surface area contributed by atoms with Crippen LogP contribution in [0.15, 0.2) is 29.4 Å². The maximum absolute atomic E-state index is 12.1. The Morgan fingerprint density at radius 3 is 2.42 bits per heavy atom. The summed E-state index contributed by atoms with van der Waals surface area (Å²) >= 11 is 1.25. The van der Waals surface area contributed by atoms with Gasteiger partial charge in [0.1, 0.15) is 12.4 Å². The van der Waals surface area contributed by atoms with Gasteiger partial charge in [-0.3, -0.25) is 10.1 Å². The smallest absolute Gasteiger partial charge is 0.321 e. The SMILES string of the molecule is CCc1ccc(OCc2nnc(SCC(=O)NC(=O)NCC(C)C)n2CC(C)C)cc1. The van der Waals surface area contributed by atoms with Crippen LogP contribution < -0.4 is 15.4 Å². The van der Waals surface area contributed by atoms with Crippen molar-refractivity contribution in [1.29, 1.82) is 0 Å². The zero-order valence-electron chi connectivity index (χ0n) is 19.0. The first kappa shape index (κ1) is 24.7. The summed E-state index contributed by atoms with van der Waals surface area (Å²) < 4.78 is 7.86. The maximum atomic E-state index is 12.1. The van der Waals surface area contributed by atoms with Crippen LogP contribution in [0.3, 0.4) is 0 Å². The Hall–Kier alpha value is -2.55. The first-order valence-corrected chi connectivity index (χ1v) is 11.6. The predicted octanol–water partition coefficient (Wildman–Crippen LogP) is 3.65. The number of carbonyl (C=O) groups is 2. The summed E-state index contributed by atoms with van der Waals surface area (Å²) in [6.07, 6.45) is 0.983. The molecule has 1 aromatic heterocycles. The van der Waals surface area contributed by atoms with E-state index in [2.05, 4.69) is 41.6 Å². The lowest BCUT2D eigenvalue weighted by Crippen LogP contribution is -2.41. The molecule has 1 heterocycles. The van der Waals surface area contributed by atoms with Crippen molar-refractivity contribution in [2.24, 2.45) is 11.8 Å². The number of aryl methyl sites for hydroxylation is 1. The van der Waals surface area contributed by atoms with Gasteiger partial charge in [0, 0.05) is 13.1 Å². The van der Waals surface area contributed by atoms with Crippen LogP contribution in [0.2, 0.25) is 0 Å². The molecule has 0 fully saturated rings. The largest absolute Gasteiger partial charge is 0.486 e. The van der Waals surface area contributed by atoms with E-state index in [1.807, 2.05) is 42.7 Å². The molecule has 0 bridgehead atoms. The minimum Gasteiger partial charge on any atom is -0.486 e. The van der Waals surface area contributed by atoms with E-state index >= 15 is 0 Å². The number of nitrogens with zero attached hydrogens (tertiary/aromatic N) is 3. The molecule has 2 aromatic rings. The maximum Gasteiger partial charge on any atom is 0.321 e. The van der Waals surface area contributed by atoms with Crippen LogP contribution in [0.5, 0.6) is 5.75 Å².